The van der Waals surface area contributed by atoms with E-state index in [9.17, 15) is 10.1 Å². The molecule has 2 radical (unpaired) electrons. The van der Waals surface area contributed by atoms with E-state index in [1.807, 2.05) is 6.92 Å². The predicted molar refractivity (Wildman–Crippen MR) is 63.2 cm³/mol. The molecule has 2 N–H and O–H groups in total. The zero-order valence-corrected chi connectivity index (χ0v) is 9.01. The molecule has 1 unspecified atom stereocenters. The van der Waals surface area contributed by atoms with Crippen molar-refractivity contribution in [3.63, 3.8) is 0 Å². The predicted octanol–water partition coefficient (Wildman–Crippen LogP) is 0.429. The van der Waals surface area contributed by atoms with Gasteiger partial charge in [0.2, 0.25) is 0 Å². The van der Waals surface area contributed by atoms with E-state index in [1.165, 1.54) is 18.2 Å². The lowest BCUT2D eigenvalue weighted by Crippen LogP contribution is -2.16. The minimum absolute atomic E-state index is 0.0145. The van der Waals surface area contributed by atoms with Crippen molar-refractivity contribution in [2.75, 3.05) is 18.5 Å². The molecule has 6 heteroatoms. The fourth-order valence-corrected chi connectivity index (χ4v) is 1.20. The fraction of sp³-hybridized carbons (Fsp3) is 0.400. The number of anilines is 1. The third-order valence-electron chi connectivity index (χ3n) is 2.17. The second kappa shape index (κ2) is 5.51. The smallest absolute Gasteiger partial charge is 0.292 e. The Balaban J connectivity index is 2.84. The lowest BCUT2D eigenvalue weighted by Gasteiger charge is -2.11. The average molecular weight is 220 g/mol. The molecular weight excluding hydrogens is 207 g/mol. The van der Waals surface area contributed by atoms with E-state index in [0.29, 0.717) is 17.7 Å². The minimum atomic E-state index is -0.467. The molecule has 1 rings (SSSR count). The summed E-state index contributed by atoms with van der Waals surface area (Å²) in [6.45, 7) is 2.33. The van der Waals surface area contributed by atoms with Gasteiger partial charge in [-0.15, -0.1) is 0 Å². The molecule has 5 nitrogen and oxygen atoms in total. The van der Waals surface area contributed by atoms with Gasteiger partial charge in [0, 0.05) is 19.2 Å². The molecule has 16 heavy (non-hydrogen) atoms. The highest BCUT2D eigenvalue weighted by molar-refractivity contribution is 6.32. The van der Waals surface area contributed by atoms with Crippen LogP contribution in [0.4, 0.5) is 11.4 Å². The van der Waals surface area contributed by atoms with E-state index in [1.54, 1.807) is 0 Å². The van der Waals surface area contributed by atoms with Gasteiger partial charge in [0.15, 0.2) is 0 Å². The van der Waals surface area contributed by atoms with E-state index < -0.39 is 4.92 Å². The van der Waals surface area contributed by atoms with Crippen LogP contribution in [0.2, 0.25) is 0 Å². The van der Waals surface area contributed by atoms with Gasteiger partial charge in [0.1, 0.15) is 13.5 Å². The van der Waals surface area contributed by atoms with E-state index in [4.69, 9.17) is 13.0 Å². The van der Waals surface area contributed by atoms with Crippen LogP contribution >= 0.6 is 0 Å². The zero-order chi connectivity index (χ0) is 12.1. The highest BCUT2D eigenvalue weighted by Crippen LogP contribution is 2.22. The molecule has 0 amide bonds. The first-order valence-corrected chi connectivity index (χ1v) is 4.93. The van der Waals surface area contributed by atoms with Crippen molar-refractivity contribution >= 4 is 24.7 Å². The molecule has 0 saturated carbocycles. The van der Waals surface area contributed by atoms with Crippen molar-refractivity contribution in [3.05, 3.63) is 28.3 Å². The Morgan fingerprint density at radius 2 is 2.31 bits per heavy atom. The van der Waals surface area contributed by atoms with Gasteiger partial charge in [-0.05, 0) is 12.0 Å². The molecule has 0 aromatic heterocycles. The SMILES string of the molecule is [B]c1ccc([N+](=O)[O-])c(NCC(C)CO)c1. The van der Waals surface area contributed by atoms with Crippen LogP contribution in [-0.2, 0) is 0 Å². The van der Waals surface area contributed by atoms with Crippen LogP contribution in [0.5, 0.6) is 0 Å². The standard InChI is InChI=1S/C10H13BN2O3/c1-7(6-14)5-12-9-4-8(11)2-3-10(9)13(15)16/h2-4,7,12,14H,5-6H2,1H3. The maximum atomic E-state index is 10.7. The van der Waals surface area contributed by atoms with Crippen molar-refractivity contribution in [1.82, 2.24) is 0 Å². The molecule has 0 aliphatic heterocycles. The summed E-state index contributed by atoms with van der Waals surface area (Å²) < 4.78 is 0. The van der Waals surface area contributed by atoms with Gasteiger partial charge in [-0.25, -0.2) is 0 Å². The van der Waals surface area contributed by atoms with Gasteiger partial charge in [-0.2, -0.15) is 0 Å². The van der Waals surface area contributed by atoms with Gasteiger partial charge in [0.25, 0.3) is 5.69 Å². The van der Waals surface area contributed by atoms with E-state index in [-0.39, 0.29) is 18.2 Å². The number of aliphatic hydroxyl groups excluding tert-OH is 1. The van der Waals surface area contributed by atoms with Crippen molar-refractivity contribution in [2.24, 2.45) is 5.92 Å². The van der Waals surface area contributed by atoms with Crippen LogP contribution in [0.3, 0.4) is 0 Å². The van der Waals surface area contributed by atoms with E-state index in [0.717, 1.165) is 0 Å². The summed E-state index contributed by atoms with van der Waals surface area (Å²) in [5.74, 6) is 0.0287. The van der Waals surface area contributed by atoms with Crippen LogP contribution in [-0.4, -0.2) is 31.0 Å². The second-order valence-corrected chi connectivity index (χ2v) is 3.70. The third kappa shape index (κ3) is 3.24. The summed E-state index contributed by atoms with van der Waals surface area (Å²) in [5, 5.41) is 22.5. The first kappa shape index (κ1) is 12.5. The van der Waals surface area contributed by atoms with Crippen molar-refractivity contribution in [3.8, 4) is 0 Å². The molecule has 0 fully saturated rings. The molecule has 1 aromatic rings. The number of nitro groups is 1. The maximum Gasteiger partial charge on any atom is 0.292 e. The quantitative estimate of drug-likeness (QED) is 0.428. The van der Waals surface area contributed by atoms with Gasteiger partial charge >= 0.3 is 0 Å². The average Bonchev–Trinajstić information content (AvgIpc) is 2.25. The van der Waals surface area contributed by atoms with Gasteiger partial charge in [0.05, 0.1) is 4.92 Å². The second-order valence-electron chi connectivity index (χ2n) is 3.70. The van der Waals surface area contributed by atoms with Gasteiger partial charge < -0.3 is 10.4 Å². The van der Waals surface area contributed by atoms with E-state index in [2.05, 4.69) is 5.32 Å². The molecular formula is C10H13BN2O3. The van der Waals surface area contributed by atoms with Crippen LogP contribution in [0, 0.1) is 16.0 Å². The van der Waals surface area contributed by atoms with Crippen LogP contribution < -0.4 is 10.8 Å². The third-order valence-corrected chi connectivity index (χ3v) is 2.17. The number of nitrogens with zero attached hydrogens (tertiary/aromatic N) is 1. The Morgan fingerprint density at radius 1 is 1.62 bits per heavy atom. The summed E-state index contributed by atoms with van der Waals surface area (Å²) in [6.07, 6.45) is 0. The first-order valence-electron chi connectivity index (χ1n) is 4.93. The number of hydrogen-bond donors (Lipinski definition) is 2. The topological polar surface area (TPSA) is 75.4 Å². The summed E-state index contributed by atoms with van der Waals surface area (Å²) in [7, 11) is 5.55. The Kier molecular flexibility index (Phi) is 4.31. The van der Waals surface area contributed by atoms with Crippen molar-refractivity contribution in [1.29, 1.82) is 0 Å². The highest BCUT2D eigenvalue weighted by atomic mass is 16.6. The number of nitrogens with one attached hydrogen (secondary N) is 1. The number of rotatable bonds is 5. The first-order chi connectivity index (χ1) is 7.54. The Labute approximate surface area is 95.0 Å². The Morgan fingerprint density at radius 3 is 2.88 bits per heavy atom. The van der Waals surface area contributed by atoms with Crippen LogP contribution in [0.15, 0.2) is 18.2 Å². The molecule has 1 aromatic carbocycles. The van der Waals surface area contributed by atoms with Gasteiger partial charge in [-0.3, -0.25) is 10.1 Å². The zero-order valence-electron chi connectivity index (χ0n) is 9.01. The number of hydrogen-bond acceptors (Lipinski definition) is 4. The number of nitro benzene ring substituents is 1. The molecule has 0 bridgehead atoms. The molecule has 0 saturated heterocycles. The number of benzene rings is 1. The monoisotopic (exact) mass is 220 g/mol. The maximum absolute atomic E-state index is 10.7. The Bertz CT molecular complexity index is 384. The minimum Gasteiger partial charge on any atom is -0.396 e. The molecule has 0 spiro atoms. The van der Waals surface area contributed by atoms with Gasteiger partial charge in [-0.1, -0.05) is 18.5 Å². The van der Waals surface area contributed by atoms with Crippen molar-refractivity contribution in [2.45, 2.75) is 6.92 Å². The van der Waals surface area contributed by atoms with Crippen LogP contribution in [0.25, 0.3) is 0 Å². The summed E-state index contributed by atoms with van der Waals surface area (Å²) >= 11 is 0. The molecule has 0 aliphatic carbocycles. The highest BCUT2D eigenvalue weighted by Gasteiger charge is 2.13. The summed E-state index contributed by atoms with van der Waals surface area (Å²) in [6, 6.07) is 4.36. The summed E-state index contributed by atoms with van der Waals surface area (Å²) in [5.41, 5.74) is 0.828. The normalized spacial score (nSPS) is 12.1. The molecule has 84 valence electrons. The number of aliphatic hydroxyl groups is 1. The lowest BCUT2D eigenvalue weighted by molar-refractivity contribution is -0.383. The lowest BCUT2D eigenvalue weighted by atomic mass is 9.95. The molecule has 0 heterocycles. The van der Waals surface area contributed by atoms with Crippen molar-refractivity contribution < 1.29 is 10.0 Å². The molecule has 0 aliphatic rings. The largest absolute Gasteiger partial charge is 0.396 e. The summed E-state index contributed by atoms with van der Waals surface area (Å²) in [4.78, 5) is 10.3. The molecule has 1 atom stereocenters. The van der Waals surface area contributed by atoms with Crippen LogP contribution in [0.1, 0.15) is 6.92 Å². The fourth-order valence-electron chi connectivity index (χ4n) is 1.20. The van der Waals surface area contributed by atoms with E-state index >= 15 is 0 Å². The Hall–Kier alpha value is -1.56.